The number of nitrogens with two attached hydrogens (primary N) is 1. The van der Waals surface area contributed by atoms with E-state index in [0.29, 0.717) is 0 Å². The fourth-order valence-corrected chi connectivity index (χ4v) is 0.956. The summed E-state index contributed by atoms with van der Waals surface area (Å²) in [5, 5.41) is 1.44. The number of hydrogen-bond donors (Lipinski definition) is 1. The van der Waals surface area contributed by atoms with E-state index in [2.05, 4.69) is 4.98 Å². The third-order valence-corrected chi connectivity index (χ3v) is 1.46. The van der Waals surface area contributed by atoms with Crippen LogP contribution < -0.4 is 5.73 Å². The number of aromatic nitrogens is 1. The van der Waals surface area contributed by atoms with E-state index in [1.165, 1.54) is 5.38 Å². The smallest absolute Gasteiger partial charge is 0.281 e. The Bertz CT molecular complexity index is 198. The monoisotopic (exact) mass is 150 g/mol. The SMILES string of the molecule is Nc1nc(C(F)F)cs1. The highest BCUT2D eigenvalue weighted by Crippen LogP contribution is 2.21. The van der Waals surface area contributed by atoms with Crippen LogP contribution in [0, 0.1) is 0 Å². The predicted molar refractivity (Wildman–Crippen MR) is 31.5 cm³/mol. The number of hydrogen-bond acceptors (Lipinski definition) is 3. The van der Waals surface area contributed by atoms with E-state index in [1.807, 2.05) is 0 Å². The molecule has 1 rings (SSSR count). The molecule has 2 nitrogen and oxygen atoms in total. The van der Waals surface area contributed by atoms with Gasteiger partial charge in [-0.15, -0.1) is 11.3 Å². The minimum atomic E-state index is -2.50. The summed E-state index contributed by atoms with van der Waals surface area (Å²) in [7, 11) is 0. The molecule has 0 saturated carbocycles. The van der Waals surface area contributed by atoms with Crippen LogP contribution in [0.2, 0.25) is 0 Å². The van der Waals surface area contributed by atoms with Gasteiger partial charge in [0, 0.05) is 5.38 Å². The van der Waals surface area contributed by atoms with Crippen molar-refractivity contribution in [3.8, 4) is 0 Å². The molecule has 5 heteroatoms. The number of alkyl halides is 2. The van der Waals surface area contributed by atoms with Gasteiger partial charge < -0.3 is 5.73 Å². The Morgan fingerprint density at radius 1 is 1.67 bits per heavy atom. The normalized spacial score (nSPS) is 10.6. The second-order valence-corrected chi connectivity index (χ2v) is 2.30. The van der Waals surface area contributed by atoms with E-state index in [1.54, 1.807) is 0 Å². The van der Waals surface area contributed by atoms with Crippen LogP contribution in [0.3, 0.4) is 0 Å². The molecule has 0 amide bonds. The summed E-state index contributed by atoms with van der Waals surface area (Å²) in [4.78, 5) is 3.36. The lowest BCUT2D eigenvalue weighted by Gasteiger charge is -1.87. The first-order valence-electron chi connectivity index (χ1n) is 2.19. The van der Waals surface area contributed by atoms with E-state index >= 15 is 0 Å². The Hall–Kier alpha value is -0.710. The highest BCUT2D eigenvalue weighted by Gasteiger charge is 2.09. The Balaban J connectivity index is 2.85. The zero-order valence-electron chi connectivity index (χ0n) is 4.34. The molecule has 50 valence electrons. The number of rotatable bonds is 1. The second kappa shape index (κ2) is 2.26. The number of anilines is 1. The molecule has 2 N–H and O–H groups in total. The summed E-state index contributed by atoms with van der Waals surface area (Å²) in [6.07, 6.45) is -2.50. The molecule has 0 atom stereocenters. The van der Waals surface area contributed by atoms with Gasteiger partial charge in [-0.2, -0.15) is 0 Å². The van der Waals surface area contributed by atoms with Crippen LogP contribution in [0.5, 0.6) is 0 Å². The number of halogens is 2. The van der Waals surface area contributed by atoms with Gasteiger partial charge in [0.25, 0.3) is 6.43 Å². The summed E-state index contributed by atoms with van der Waals surface area (Å²) in [6.45, 7) is 0. The number of thiazole rings is 1. The zero-order valence-corrected chi connectivity index (χ0v) is 5.16. The minimum Gasteiger partial charge on any atom is -0.375 e. The molecular weight excluding hydrogens is 146 g/mol. The maximum Gasteiger partial charge on any atom is 0.281 e. The maximum absolute atomic E-state index is 11.7. The Morgan fingerprint density at radius 3 is 2.56 bits per heavy atom. The Kier molecular flexibility index (Phi) is 1.61. The predicted octanol–water partition coefficient (Wildman–Crippen LogP) is 1.66. The molecule has 0 spiro atoms. The van der Waals surface area contributed by atoms with Crippen molar-refractivity contribution in [2.24, 2.45) is 0 Å². The van der Waals surface area contributed by atoms with Crippen molar-refractivity contribution in [3.05, 3.63) is 11.1 Å². The third-order valence-electron chi connectivity index (χ3n) is 0.763. The van der Waals surface area contributed by atoms with Crippen molar-refractivity contribution in [1.82, 2.24) is 4.98 Å². The zero-order chi connectivity index (χ0) is 6.85. The van der Waals surface area contributed by atoms with Gasteiger partial charge in [-0.25, -0.2) is 13.8 Å². The van der Waals surface area contributed by atoms with Crippen LogP contribution in [0.4, 0.5) is 13.9 Å². The average molecular weight is 150 g/mol. The van der Waals surface area contributed by atoms with E-state index in [0.717, 1.165) is 11.3 Å². The lowest BCUT2D eigenvalue weighted by molar-refractivity contribution is 0.147. The van der Waals surface area contributed by atoms with Crippen LogP contribution in [-0.2, 0) is 0 Å². The standard InChI is InChI=1S/C4H4F2N2S/c5-3(6)2-1-9-4(7)8-2/h1,3H,(H2,7,8). The van der Waals surface area contributed by atoms with E-state index in [9.17, 15) is 8.78 Å². The molecule has 1 heterocycles. The molecule has 9 heavy (non-hydrogen) atoms. The van der Waals surface area contributed by atoms with E-state index in [-0.39, 0.29) is 10.8 Å². The lowest BCUT2D eigenvalue weighted by Crippen LogP contribution is -1.85. The molecule has 0 aromatic carbocycles. The van der Waals surface area contributed by atoms with Crippen LogP contribution >= 0.6 is 11.3 Å². The molecule has 0 radical (unpaired) electrons. The van der Waals surface area contributed by atoms with Gasteiger partial charge in [0.2, 0.25) is 0 Å². The van der Waals surface area contributed by atoms with Crippen LogP contribution in [0.1, 0.15) is 12.1 Å². The fraction of sp³-hybridized carbons (Fsp3) is 0.250. The van der Waals surface area contributed by atoms with E-state index < -0.39 is 6.43 Å². The second-order valence-electron chi connectivity index (χ2n) is 1.41. The molecule has 0 aliphatic carbocycles. The molecule has 0 bridgehead atoms. The van der Waals surface area contributed by atoms with Crippen molar-refractivity contribution >= 4 is 16.5 Å². The Morgan fingerprint density at radius 2 is 2.33 bits per heavy atom. The largest absolute Gasteiger partial charge is 0.375 e. The van der Waals surface area contributed by atoms with Gasteiger partial charge in [0.1, 0.15) is 5.69 Å². The molecule has 1 aromatic rings. The fourth-order valence-electron chi connectivity index (χ4n) is 0.401. The van der Waals surface area contributed by atoms with Crippen LogP contribution in [0.25, 0.3) is 0 Å². The highest BCUT2D eigenvalue weighted by atomic mass is 32.1. The van der Waals surface area contributed by atoms with Crippen molar-refractivity contribution in [2.45, 2.75) is 6.43 Å². The molecule has 0 unspecified atom stereocenters. The molecule has 0 fully saturated rings. The number of nitrogens with zero attached hydrogens (tertiary/aromatic N) is 1. The highest BCUT2D eigenvalue weighted by molar-refractivity contribution is 7.13. The summed E-state index contributed by atoms with van der Waals surface area (Å²) < 4.78 is 23.3. The topological polar surface area (TPSA) is 38.9 Å². The molecular formula is C4H4F2N2S. The van der Waals surface area contributed by atoms with Gasteiger partial charge in [0.05, 0.1) is 0 Å². The van der Waals surface area contributed by atoms with Crippen LogP contribution in [-0.4, -0.2) is 4.98 Å². The summed E-state index contributed by atoms with van der Waals surface area (Å²) in [5.41, 5.74) is 4.85. The average Bonchev–Trinajstić information content (AvgIpc) is 2.14. The van der Waals surface area contributed by atoms with E-state index in [4.69, 9.17) is 5.73 Å². The molecule has 0 aliphatic heterocycles. The minimum absolute atomic E-state index is 0.185. The first-order valence-corrected chi connectivity index (χ1v) is 3.07. The summed E-state index contributed by atoms with van der Waals surface area (Å²) >= 11 is 1.02. The van der Waals surface area contributed by atoms with Gasteiger partial charge >= 0.3 is 0 Å². The molecule has 0 aliphatic rings. The summed E-state index contributed by atoms with van der Waals surface area (Å²) in [6, 6.07) is 0. The number of nitrogen functional groups attached to an aromatic ring is 1. The first-order chi connectivity index (χ1) is 4.20. The molecule has 0 saturated heterocycles. The van der Waals surface area contributed by atoms with Crippen molar-refractivity contribution in [1.29, 1.82) is 0 Å². The van der Waals surface area contributed by atoms with Gasteiger partial charge in [0.15, 0.2) is 5.13 Å². The van der Waals surface area contributed by atoms with Crippen molar-refractivity contribution in [3.63, 3.8) is 0 Å². The lowest BCUT2D eigenvalue weighted by atomic mass is 10.5. The first kappa shape index (κ1) is 6.41. The quantitative estimate of drug-likeness (QED) is 0.661. The van der Waals surface area contributed by atoms with Gasteiger partial charge in [-0.1, -0.05) is 0 Å². The molecule has 1 aromatic heterocycles. The summed E-state index contributed by atoms with van der Waals surface area (Å²) in [5.74, 6) is 0. The Labute approximate surface area is 54.3 Å². The third kappa shape index (κ3) is 1.35. The van der Waals surface area contributed by atoms with Crippen molar-refractivity contribution in [2.75, 3.05) is 5.73 Å². The maximum atomic E-state index is 11.7. The van der Waals surface area contributed by atoms with Gasteiger partial charge in [-0.3, -0.25) is 0 Å². The van der Waals surface area contributed by atoms with Gasteiger partial charge in [-0.05, 0) is 0 Å². The van der Waals surface area contributed by atoms with Crippen LogP contribution in [0.15, 0.2) is 5.38 Å². The van der Waals surface area contributed by atoms with Crippen molar-refractivity contribution < 1.29 is 8.78 Å².